The minimum absolute atomic E-state index is 0.0900. The molecule has 0 aromatic carbocycles. The molecule has 3 nitrogen and oxygen atoms in total. The van der Waals surface area contributed by atoms with Crippen molar-refractivity contribution in [3.63, 3.8) is 0 Å². The summed E-state index contributed by atoms with van der Waals surface area (Å²) in [5.41, 5.74) is 0.291. The summed E-state index contributed by atoms with van der Waals surface area (Å²) in [6, 6.07) is 0.499. The average molecular weight is 285 g/mol. The lowest BCUT2D eigenvalue weighted by atomic mass is 9.70. The van der Waals surface area contributed by atoms with Gasteiger partial charge in [-0.2, -0.15) is 0 Å². The van der Waals surface area contributed by atoms with Crippen molar-refractivity contribution in [1.29, 1.82) is 0 Å². The van der Waals surface area contributed by atoms with Crippen LogP contribution in [0.5, 0.6) is 0 Å². The van der Waals surface area contributed by atoms with Gasteiger partial charge in [0.05, 0.1) is 11.7 Å². The molecule has 0 aromatic heterocycles. The maximum atomic E-state index is 6.21. The topological polar surface area (TPSA) is 30.5 Å². The van der Waals surface area contributed by atoms with Crippen molar-refractivity contribution in [2.45, 2.75) is 78.0 Å². The quantitative estimate of drug-likeness (QED) is 0.808. The van der Waals surface area contributed by atoms with E-state index in [9.17, 15) is 0 Å². The van der Waals surface area contributed by atoms with Crippen molar-refractivity contribution in [1.82, 2.24) is 5.32 Å². The van der Waals surface area contributed by atoms with Crippen LogP contribution in [-0.2, 0) is 9.47 Å². The molecular weight excluding hydrogens is 250 g/mol. The normalized spacial score (nSPS) is 28.6. The Labute approximate surface area is 125 Å². The molecule has 0 radical (unpaired) electrons. The van der Waals surface area contributed by atoms with Gasteiger partial charge in [-0.1, -0.05) is 20.8 Å². The van der Waals surface area contributed by atoms with Crippen LogP contribution in [0.25, 0.3) is 0 Å². The first-order valence-corrected chi connectivity index (χ1v) is 8.03. The molecule has 3 atom stereocenters. The van der Waals surface area contributed by atoms with Crippen molar-refractivity contribution in [2.75, 3.05) is 20.8 Å². The second-order valence-electron chi connectivity index (χ2n) is 7.89. The lowest BCUT2D eigenvalue weighted by Crippen LogP contribution is -2.46. The molecule has 0 bridgehead atoms. The molecule has 20 heavy (non-hydrogen) atoms. The van der Waals surface area contributed by atoms with E-state index in [0.29, 0.717) is 17.6 Å². The third-order valence-electron chi connectivity index (χ3n) is 4.98. The largest absolute Gasteiger partial charge is 0.379 e. The van der Waals surface area contributed by atoms with Crippen LogP contribution >= 0.6 is 0 Å². The summed E-state index contributed by atoms with van der Waals surface area (Å²) < 4.78 is 11.7. The van der Waals surface area contributed by atoms with E-state index in [0.717, 1.165) is 18.9 Å². The Morgan fingerprint density at radius 2 is 1.75 bits per heavy atom. The number of hydrogen-bond donors (Lipinski definition) is 1. The molecule has 0 aliphatic heterocycles. The van der Waals surface area contributed by atoms with Gasteiger partial charge in [0.2, 0.25) is 0 Å². The number of nitrogens with one attached hydrogen (secondary N) is 1. The molecule has 0 saturated heterocycles. The molecule has 1 rings (SSSR count). The van der Waals surface area contributed by atoms with Crippen LogP contribution in [0.15, 0.2) is 0 Å². The van der Waals surface area contributed by atoms with Gasteiger partial charge < -0.3 is 14.8 Å². The van der Waals surface area contributed by atoms with Crippen LogP contribution in [0, 0.1) is 11.3 Å². The molecule has 1 aliphatic carbocycles. The summed E-state index contributed by atoms with van der Waals surface area (Å²) in [7, 11) is 3.82. The van der Waals surface area contributed by atoms with Gasteiger partial charge in [-0.15, -0.1) is 0 Å². The van der Waals surface area contributed by atoms with E-state index < -0.39 is 0 Å². The summed E-state index contributed by atoms with van der Waals surface area (Å²) in [6.45, 7) is 12.1. The summed E-state index contributed by atoms with van der Waals surface area (Å²) in [5, 5.41) is 3.43. The number of likely N-dealkylation sites (N-methyl/N-ethyl adjacent to an activating group) is 1. The van der Waals surface area contributed by atoms with E-state index in [1.165, 1.54) is 19.3 Å². The van der Waals surface area contributed by atoms with Gasteiger partial charge >= 0.3 is 0 Å². The lowest BCUT2D eigenvalue weighted by molar-refractivity contribution is -0.0572. The Hall–Kier alpha value is -0.120. The zero-order valence-electron chi connectivity index (χ0n) is 14.6. The van der Waals surface area contributed by atoms with Crippen molar-refractivity contribution in [3.05, 3.63) is 0 Å². The van der Waals surface area contributed by atoms with Crippen LogP contribution in [0.3, 0.4) is 0 Å². The molecule has 1 saturated carbocycles. The molecule has 120 valence electrons. The van der Waals surface area contributed by atoms with Crippen LogP contribution in [0.4, 0.5) is 0 Å². The molecular formula is C17H35NO2. The molecule has 1 N–H and O–H groups in total. The van der Waals surface area contributed by atoms with Crippen LogP contribution in [0.2, 0.25) is 0 Å². The Morgan fingerprint density at radius 1 is 1.10 bits per heavy atom. The standard InChI is InChI=1S/C17H35NO2/c1-16(2,3)13-8-9-14(18-6)15(12-13)20-11-10-17(4,5)19-7/h13-15,18H,8-12H2,1-7H3. The lowest BCUT2D eigenvalue weighted by Gasteiger charge is -2.41. The van der Waals surface area contributed by atoms with Crippen LogP contribution in [0.1, 0.15) is 60.3 Å². The molecule has 0 spiro atoms. The van der Waals surface area contributed by atoms with Crippen LogP contribution < -0.4 is 5.32 Å². The van der Waals surface area contributed by atoms with Gasteiger partial charge in [-0.25, -0.2) is 0 Å². The van der Waals surface area contributed by atoms with Crippen molar-refractivity contribution in [2.24, 2.45) is 11.3 Å². The predicted molar refractivity (Wildman–Crippen MR) is 85.1 cm³/mol. The highest BCUT2D eigenvalue weighted by Crippen LogP contribution is 2.38. The summed E-state index contributed by atoms with van der Waals surface area (Å²) in [5.74, 6) is 0.757. The van der Waals surface area contributed by atoms with E-state index in [2.05, 4.69) is 47.0 Å². The Balaban J connectivity index is 2.51. The van der Waals surface area contributed by atoms with Gasteiger partial charge in [-0.3, -0.25) is 0 Å². The highest BCUT2D eigenvalue weighted by Gasteiger charge is 2.36. The fourth-order valence-electron chi connectivity index (χ4n) is 2.99. The summed E-state index contributed by atoms with van der Waals surface area (Å²) in [4.78, 5) is 0. The zero-order chi connectivity index (χ0) is 15.4. The third kappa shape index (κ3) is 5.34. The monoisotopic (exact) mass is 285 g/mol. The Morgan fingerprint density at radius 3 is 2.25 bits per heavy atom. The van der Waals surface area contributed by atoms with Gasteiger partial charge in [0.1, 0.15) is 0 Å². The maximum absolute atomic E-state index is 6.21. The van der Waals surface area contributed by atoms with E-state index in [-0.39, 0.29) is 5.60 Å². The third-order valence-corrected chi connectivity index (χ3v) is 4.98. The minimum atomic E-state index is -0.0900. The highest BCUT2D eigenvalue weighted by atomic mass is 16.5. The predicted octanol–water partition coefficient (Wildman–Crippen LogP) is 3.62. The molecule has 1 fully saturated rings. The van der Waals surface area contributed by atoms with E-state index >= 15 is 0 Å². The Bertz CT molecular complexity index is 283. The van der Waals surface area contributed by atoms with Crippen molar-refractivity contribution in [3.8, 4) is 0 Å². The Kier molecular flexibility index (Phi) is 6.49. The maximum Gasteiger partial charge on any atom is 0.0730 e. The molecule has 3 unspecified atom stereocenters. The van der Waals surface area contributed by atoms with E-state index in [1.54, 1.807) is 7.11 Å². The van der Waals surface area contributed by atoms with Crippen molar-refractivity contribution < 1.29 is 9.47 Å². The fourth-order valence-corrected chi connectivity index (χ4v) is 2.99. The first-order valence-electron chi connectivity index (χ1n) is 8.03. The van der Waals surface area contributed by atoms with Crippen molar-refractivity contribution >= 4 is 0 Å². The zero-order valence-corrected chi connectivity index (χ0v) is 14.6. The number of rotatable bonds is 6. The van der Waals surface area contributed by atoms with Crippen LogP contribution in [-0.4, -0.2) is 38.5 Å². The number of ether oxygens (including phenoxy) is 2. The van der Waals surface area contributed by atoms with Gasteiger partial charge in [0.15, 0.2) is 0 Å². The fraction of sp³-hybridized carbons (Fsp3) is 1.00. The highest BCUT2D eigenvalue weighted by molar-refractivity contribution is 4.89. The summed E-state index contributed by atoms with van der Waals surface area (Å²) >= 11 is 0. The second-order valence-corrected chi connectivity index (χ2v) is 7.89. The van der Waals surface area contributed by atoms with Gasteiger partial charge in [0.25, 0.3) is 0 Å². The SMILES string of the molecule is CNC1CCC(C(C)(C)C)CC1OCCC(C)(C)OC. The molecule has 0 heterocycles. The molecule has 0 amide bonds. The molecule has 3 heteroatoms. The van der Waals surface area contributed by atoms with E-state index in [1.807, 2.05) is 0 Å². The smallest absolute Gasteiger partial charge is 0.0730 e. The van der Waals surface area contributed by atoms with Gasteiger partial charge in [-0.05, 0) is 57.9 Å². The second kappa shape index (κ2) is 7.24. The van der Waals surface area contributed by atoms with Gasteiger partial charge in [0, 0.05) is 19.8 Å². The molecule has 1 aliphatic rings. The molecule has 0 aromatic rings. The number of hydrogen-bond acceptors (Lipinski definition) is 3. The number of methoxy groups -OCH3 is 1. The minimum Gasteiger partial charge on any atom is -0.379 e. The first kappa shape index (κ1) is 17.9. The first-order chi connectivity index (χ1) is 9.19. The summed E-state index contributed by atoms with van der Waals surface area (Å²) in [6.07, 6.45) is 4.97. The average Bonchev–Trinajstić information content (AvgIpc) is 2.37. The van der Waals surface area contributed by atoms with E-state index in [4.69, 9.17) is 9.47 Å².